The second kappa shape index (κ2) is 6.29. The summed E-state index contributed by atoms with van der Waals surface area (Å²) < 4.78 is 10.9. The summed E-state index contributed by atoms with van der Waals surface area (Å²) in [6.45, 7) is 4.01. The molecule has 2 heterocycles. The zero-order valence-electron chi connectivity index (χ0n) is 12.2. The van der Waals surface area contributed by atoms with E-state index in [0.717, 1.165) is 28.3 Å². The molecule has 20 heavy (non-hydrogen) atoms. The fraction of sp³-hybridized carbons (Fsp3) is 0.400. The van der Waals surface area contributed by atoms with Gasteiger partial charge >= 0.3 is 0 Å². The lowest BCUT2D eigenvalue weighted by molar-refractivity contribution is 0.403. The number of rotatable bonds is 5. The summed E-state index contributed by atoms with van der Waals surface area (Å²) >= 11 is 5.83. The molecule has 0 fully saturated rings. The highest BCUT2D eigenvalue weighted by molar-refractivity contribution is 6.28. The van der Waals surface area contributed by atoms with Crippen molar-refractivity contribution in [3.8, 4) is 5.75 Å². The third-order valence-electron chi connectivity index (χ3n) is 3.43. The van der Waals surface area contributed by atoms with Crippen LogP contribution in [0.5, 0.6) is 5.75 Å². The van der Waals surface area contributed by atoms with Crippen LogP contribution in [0.3, 0.4) is 0 Å². The predicted octanol–water partition coefficient (Wildman–Crippen LogP) is 3.46. The van der Waals surface area contributed by atoms with Crippen LogP contribution in [-0.4, -0.2) is 19.1 Å². The second-order valence-electron chi connectivity index (χ2n) is 4.73. The Kier molecular flexibility index (Phi) is 4.68. The van der Waals surface area contributed by atoms with Crippen molar-refractivity contribution in [2.75, 3.05) is 14.2 Å². The number of nitrogens with one attached hydrogen (secondary N) is 1. The number of hydrogen-bond acceptors (Lipinski definition) is 4. The zero-order valence-corrected chi connectivity index (χ0v) is 12.9. The highest BCUT2D eigenvalue weighted by atomic mass is 35.5. The minimum absolute atomic E-state index is 0.0288. The van der Waals surface area contributed by atoms with Gasteiger partial charge in [-0.25, -0.2) is 0 Å². The molecular weight excluding hydrogens is 276 g/mol. The van der Waals surface area contributed by atoms with Crippen LogP contribution in [0.15, 0.2) is 22.7 Å². The van der Waals surface area contributed by atoms with Gasteiger partial charge < -0.3 is 14.5 Å². The molecule has 2 rings (SSSR count). The van der Waals surface area contributed by atoms with Gasteiger partial charge in [0.15, 0.2) is 5.22 Å². The van der Waals surface area contributed by atoms with E-state index in [0.29, 0.717) is 11.6 Å². The van der Waals surface area contributed by atoms with Gasteiger partial charge in [-0.2, -0.15) is 0 Å². The first-order valence-electron chi connectivity index (χ1n) is 6.48. The largest absolute Gasteiger partial charge is 0.496 e. The zero-order chi connectivity index (χ0) is 14.7. The lowest BCUT2D eigenvalue weighted by Crippen LogP contribution is -2.19. The number of nitrogens with zero attached hydrogens (tertiary/aromatic N) is 1. The van der Waals surface area contributed by atoms with Gasteiger partial charge in [-0.1, -0.05) is 0 Å². The molecule has 4 nitrogen and oxygen atoms in total. The number of pyridine rings is 1. The molecule has 0 bridgehead atoms. The molecule has 0 aliphatic carbocycles. The van der Waals surface area contributed by atoms with Crippen LogP contribution in [0.2, 0.25) is 5.22 Å². The van der Waals surface area contributed by atoms with E-state index in [1.807, 2.05) is 33.2 Å². The van der Waals surface area contributed by atoms with Gasteiger partial charge in [0.1, 0.15) is 11.5 Å². The van der Waals surface area contributed by atoms with Crippen molar-refractivity contribution in [1.82, 2.24) is 10.3 Å². The summed E-state index contributed by atoms with van der Waals surface area (Å²) in [5, 5.41) is 3.62. The maximum Gasteiger partial charge on any atom is 0.193 e. The van der Waals surface area contributed by atoms with E-state index < -0.39 is 0 Å². The second-order valence-corrected chi connectivity index (χ2v) is 5.11. The first kappa shape index (κ1) is 14.9. The van der Waals surface area contributed by atoms with Crippen molar-refractivity contribution in [2.24, 2.45) is 0 Å². The topological polar surface area (TPSA) is 47.3 Å². The normalized spacial score (nSPS) is 12.4. The predicted molar refractivity (Wildman–Crippen MR) is 79.5 cm³/mol. The maximum absolute atomic E-state index is 5.83. The number of methoxy groups -OCH3 is 1. The van der Waals surface area contributed by atoms with Crippen molar-refractivity contribution in [2.45, 2.75) is 26.3 Å². The summed E-state index contributed by atoms with van der Waals surface area (Å²) in [7, 11) is 3.57. The van der Waals surface area contributed by atoms with Crippen molar-refractivity contribution < 1.29 is 9.15 Å². The smallest absolute Gasteiger partial charge is 0.193 e. The van der Waals surface area contributed by atoms with Gasteiger partial charge in [0.05, 0.1) is 13.2 Å². The average molecular weight is 295 g/mol. The van der Waals surface area contributed by atoms with Crippen LogP contribution in [0.4, 0.5) is 0 Å². The Morgan fingerprint density at radius 2 is 2.15 bits per heavy atom. The van der Waals surface area contributed by atoms with E-state index in [4.69, 9.17) is 20.8 Å². The Morgan fingerprint density at radius 1 is 1.40 bits per heavy atom. The SMILES string of the molecule is CNC(Cc1ncc(C)c(OC)c1C)c1ccc(Cl)o1. The summed E-state index contributed by atoms with van der Waals surface area (Å²) in [5.74, 6) is 1.69. The Bertz CT molecular complexity index is 596. The van der Waals surface area contributed by atoms with Crippen LogP contribution in [0, 0.1) is 13.8 Å². The molecule has 5 heteroatoms. The number of hydrogen-bond donors (Lipinski definition) is 1. The number of furan rings is 1. The molecule has 0 amide bonds. The number of aromatic nitrogens is 1. The average Bonchev–Trinajstić information content (AvgIpc) is 2.85. The Morgan fingerprint density at radius 3 is 2.70 bits per heavy atom. The number of ether oxygens (including phenoxy) is 1. The van der Waals surface area contributed by atoms with Crippen LogP contribution in [0.25, 0.3) is 0 Å². The lowest BCUT2D eigenvalue weighted by atomic mass is 10.0. The molecule has 2 aromatic rings. The number of likely N-dealkylation sites (N-methyl/N-ethyl adjacent to an activating group) is 1. The van der Waals surface area contributed by atoms with Crippen molar-refractivity contribution >= 4 is 11.6 Å². The van der Waals surface area contributed by atoms with Crippen LogP contribution in [0.1, 0.15) is 28.6 Å². The van der Waals surface area contributed by atoms with E-state index in [9.17, 15) is 0 Å². The fourth-order valence-electron chi connectivity index (χ4n) is 2.33. The highest BCUT2D eigenvalue weighted by Crippen LogP contribution is 2.28. The molecule has 1 atom stereocenters. The molecule has 0 aromatic carbocycles. The molecule has 0 radical (unpaired) electrons. The molecule has 1 unspecified atom stereocenters. The summed E-state index contributed by atoms with van der Waals surface area (Å²) in [5.41, 5.74) is 3.08. The third-order valence-corrected chi connectivity index (χ3v) is 3.64. The molecule has 0 spiro atoms. The van der Waals surface area contributed by atoms with Crippen molar-refractivity contribution in [1.29, 1.82) is 0 Å². The summed E-state index contributed by atoms with van der Waals surface area (Å²) in [6, 6.07) is 3.66. The Hall–Kier alpha value is -1.52. The van der Waals surface area contributed by atoms with Crippen molar-refractivity contribution in [3.63, 3.8) is 0 Å². The van der Waals surface area contributed by atoms with Gasteiger partial charge in [-0.15, -0.1) is 0 Å². The number of halogens is 1. The standard InChI is InChI=1S/C15H19ClN2O2/c1-9-8-18-11(10(2)15(9)19-4)7-12(17-3)13-5-6-14(16)20-13/h5-6,8,12,17H,7H2,1-4H3. The van der Waals surface area contributed by atoms with Gasteiger partial charge in [0.25, 0.3) is 0 Å². The fourth-order valence-corrected chi connectivity index (χ4v) is 2.48. The van der Waals surface area contributed by atoms with Gasteiger partial charge in [0.2, 0.25) is 0 Å². The van der Waals surface area contributed by atoms with E-state index in [1.54, 1.807) is 13.2 Å². The molecule has 0 aliphatic rings. The Labute approximate surface area is 124 Å². The molecule has 2 aromatic heterocycles. The van der Waals surface area contributed by atoms with Gasteiger partial charge in [-0.3, -0.25) is 4.98 Å². The number of aryl methyl sites for hydroxylation is 1. The first-order valence-corrected chi connectivity index (χ1v) is 6.86. The lowest BCUT2D eigenvalue weighted by Gasteiger charge is -2.17. The van der Waals surface area contributed by atoms with Crippen LogP contribution < -0.4 is 10.1 Å². The van der Waals surface area contributed by atoms with Gasteiger partial charge in [-0.05, 0) is 44.6 Å². The highest BCUT2D eigenvalue weighted by Gasteiger charge is 2.18. The summed E-state index contributed by atoms with van der Waals surface area (Å²) in [4.78, 5) is 4.51. The summed E-state index contributed by atoms with van der Waals surface area (Å²) in [6.07, 6.45) is 2.55. The third kappa shape index (κ3) is 2.97. The molecule has 108 valence electrons. The molecule has 0 aliphatic heterocycles. The molecule has 1 N–H and O–H groups in total. The maximum atomic E-state index is 5.83. The molecule has 0 saturated heterocycles. The monoisotopic (exact) mass is 294 g/mol. The minimum atomic E-state index is 0.0288. The van der Waals surface area contributed by atoms with E-state index in [-0.39, 0.29) is 6.04 Å². The Balaban J connectivity index is 2.28. The minimum Gasteiger partial charge on any atom is -0.496 e. The van der Waals surface area contributed by atoms with Crippen molar-refractivity contribution in [3.05, 3.63) is 46.1 Å². The molecular formula is C15H19ClN2O2. The van der Waals surface area contributed by atoms with E-state index >= 15 is 0 Å². The first-order chi connectivity index (χ1) is 9.56. The van der Waals surface area contributed by atoms with Crippen LogP contribution in [-0.2, 0) is 6.42 Å². The van der Waals surface area contributed by atoms with E-state index in [1.165, 1.54) is 0 Å². The van der Waals surface area contributed by atoms with Gasteiger partial charge in [0, 0.05) is 29.4 Å². The quantitative estimate of drug-likeness (QED) is 0.917. The van der Waals surface area contributed by atoms with Crippen LogP contribution >= 0.6 is 11.6 Å². The van der Waals surface area contributed by atoms with E-state index in [2.05, 4.69) is 10.3 Å². The molecule has 0 saturated carbocycles.